The highest BCUT2D eigenvalue weighted by molar-refractivity contribution is 5.85. The first-order valence-corrected chi connectivity index (χ1v) is 8.14. The minimum atomic E-state index is -0.366. The predicted octanol–water partition coefficient (Wildman–Crippen LogP) is 1.55. The van der Waals surface area contributed by atoms with Gasteiger partial charge in [0.15, 0.2) is 11.5 Å². The van der Waals surface area contributed by atoms with Gasteiger partial charge in [-0.2, -0.15) is 0 Å². The summed E-state index contributed by atoms with van der Waals surface area (Å²) in [6, 6.07) is 5.94. The molecule has 136 valence electrons. The van der Waals surface area contributed by atoms with Gasteiger partial charge in [0.05, 0.1) is 20.3 Å². The maximum absolute atomic E-state index is 11.9. The first kappa shape index (κ1) is 20.5. The number of ether oxygens (including phenoxy) is 3. The predicted molar refractivity (Wildman–Crippen MR) is 95.4 cm³/mol. The molecule has 1 aromatic rings. The molecular formula is C17H27ClN2O4. The van der Waals surface area contributed by atoms with Crippen molar-refractivity contribution in [3.8, 4) is 11.5 Å². The van der Waals surface area contributed by atoms with Gasteiger partial charge < -0.3 is 24.8 Å². The van der Waals surface area contributed by atoms with Gasteiger partial charge >= 0.3 is 0 Å². The number of carbonyl (C=O) groups is 1. The van der Waals surface area contributed by atoms with Crippen LogP contribution in [-0.4, -0.2) is 52.0 Å². The van der Waals surface area contributed by atoms with Crippen LogP contribution in [-0.2, 0) is 16.0 Å². The Morgan fingerprint density at radius 1 is 1.42 bits per heavy atom. The number of rotatable bonds is 8. The van der Waals surface area contributed by atoms with Gasteiger partial charge in [0.25, 0.3) is 0 Å². The molecule has 1 atom stereocenters. The lowest BCUT2D eigenvalue weighted by molar-refractivity contribution is -0.134. The molecule has 2 N–H and O–H groups in total. The van der Waals surface area contributed by atoms with Crippen molar-refractivity contribution in [2.45, 2.75) is 25.9 Å². The average Bonchev–Trinajstić information content (AvgIpc) is 2.60. The zero-order chi connectivity index (χ0) is 16.5. The second kappa shape index (κ2) is 11.1. The number of aryl methyl sites for hydroxylation is 1. The molecule has 1 aliphatic rings. The topological polar surface area (TPSA) is 68.8 Å². The Balaban J connectivity index is 0.00000288. The van der Waals surface area contributed by atoms with E-state index >= 15 is 0 Å². The quantitative estimate of drug-likeness (QED) is 0.690. The van der Waals surface area contributed by atoms with Gasteiger partial charge in [-0.3, -0.25) is 4.79 Å². The van der Waals surface area contributed by atoms with E-state index in [9.17, 15) is 4.79 Å². The van der Waals surface area contributed by atoms with Crippen molar-refractivity contribution < 1.29 is 19.0 Å². The van der Waals surface area contributed by atoms with Crippen LogP contribution in [0, 0.1) is 0 Å². The molecule has 0 saturated carbocycles. The minimum absolute atomic E-state index is 0. The van der Waals surface area contributed by atoms with Gasteiger partial charge in [0, 0.05) is 19.6 Å². The summed E-state index contributed by atoms with van der Waals surface area (Å²) in [5.41, 5.74) is 1.17. The zero-order valence-corrected chi connectivity index (χ0v) is 15.1. The van der Waals surface area contributed by atoms with E-state index in [2.05, 4.69) is 10.6 Å². The first-order chi connectivity index (χ1) is 11.2. The van der Waals surface area contributed by atoms with E-state index < -0.39 is 0 Å². The van der Waals surface area contributed by atoms with Crippen LogP contribution in [0.3, 0.4) is 0 Å². The van der Waals surface area contributed by atoms with Gasteiger partial charge in [-0.1, -0.05) is 6.07 Å². The number of amides is 1. The zero-order valence-electron chi connectivity index (χ0n) is 14.3. The fraction of sp³-hybridized carbons (Fsp3) is 0.588. The summed E-state index contributed by atoms with van der Waals surface area (Å²) in [6.45, 7) is 5.17. The summed E-state index contributed by atoms with van der Waals surface area (Å²) in [4.78, 5) is 11.9. The number of nitrogens with one attached hydrogen (secondary N) is 2. The number of hydrogen-bond acceptors (Lipinski definition) is 5. The van der Waals surface area contributed by atoms with E-state index in [1.54, 1.807) is 7.11 Å². The van der Waals surface area contributed by atoms with Crippen LogP contribution in [0.5, 0.6) is 11.5 Å². The average molecular weight is 359 g/mol. The molecule has 2 rings (SSSR count). The van der Waals surface area contributed by atoms with E-state index in [1.165, 1.54) is 5.56 Å². The Hall–Kier alpha value is -1.50. The van der Waals surface area contributed by atoms with Crippen molar-refractivity contribution in [1.82, 2.24) is 10.6 Å². The normalized spacial score (nSPS) is 16.8. The number of benzene rings is 1. The van der Waals surface area contributed by atoms with Crippen molar-refractivity contribution in [2.75, 3.05) is 40.0 Å². The number of carbonyl (C=O) groups excluding carboxylic acids is 1. The van der Waals surface area contributed by atoms with Crippen LogP contribution in [0.4, 0.5) is 0 Å². The first-order valence-electron chi connectivity index (χ1n) is 8.14. The third-order valence-corrected chi connectivity index (χ3v) is 3.69. The largest absolute Gasteiger partial charge is 0.493 e. The lowest BCUT2D eigenvalue weighted by Gasteiger charge is -2.22. The molecule has 0 radical (unpaired) electrons. The lowest BCUT2D eigenvalue weighted by Crippen LogP contribution is -2.48. The molecule has 1 aliphatic heterocycles. The highest BCUT2D eigenvalue weighted by atomic mass is 35.5. The number of methoxy groups -OCH3 is 1. The SMILES string of the molecule is CCOc1cc(CCCNC(=O)C2CNCCO2)ccc1OC.Cl. The summed E-state index contributed by atoms with van der Waals surface area (Å²) >= 11 is 0. The van der Waals surface area contributed by atoms with Crippen molar-refractivity contribution in [3.63, 3.8) is 0 Å². The van der Waals surface area contributed by atoms with Crippen molar-refractivity contribution in [2.24, 2.45) is 0 Å². The molecule has 0 aliphatic carbocycles. The Morgan fingerprint density at radius 3 is 2.92 bits per heavy atom. The summed E-state index contributed by atoms with van der Waals surface area (Å²) in [6.07, 6.45) is 1.37. The van der Waals surface area contributed by atoms with E-state index in [1.807, 2.05) is 25.1 Å². The Labute approximate surface area is 149 Å². The molecule has 7 heteroatoms. The molecule has 1 heterocycles. The number of morpholine rings is 1. The van der Waals surface area contributed by atoms with Crippen LogP contribution in [0.25, 0.3) is 0 Å². The van der Waals surface area contributed by atoms with Gasteiger partial charge in [-0.25, -0.2) is 0 Å². The molecule has 1 unspecified atom stereocenters. The second-order valence-corrected chi connectivity index (χ2v) is 5.38. The van der Waals surface area contributed by atoms with E-state index in [-0.39, 0.29) is 24.4 Å². The minimum Gasteiger partial charge on any atom is -0.493 e. The molecule has 0 bridgehead atoms. The maximum Gasteiger partial charge on any atom is 0.250 e. The third kappa shape index (κ3) is 6.19. The van der Waals surface area contributed by atoms with Crippen molar-refractivity contribution >= 4 is 18.3 Å². The smallest absolute Gasteiger partial charge is 0.250 e. The fourth-order valence-electron chi connectivity index (χ4n) is 2.50. The van der Waals surface area contributed by atoms with Gasteiger partial charge in [0.2, 0.25) is 5.91 Å². The molecule has 1 saturated heterocycles. The van der Waals surface area contributed by atoms with Gasteiger partial charge in [-0.05, 0) is 37.5 Å². The molecule has 6 nitrogen and oxygen atoms in total. The van der Waals surface area contributed by atoms with Crippen LogP contribution in [0.1, 0.15) is 18.9 Å². The fourth-order valence-corrected chi connectivity index (χ4v) is 2.50. The Morgan fingerprint density at radius 2 is 2.25 bits per heavy atom. The van der Waals surface area contributed by atoms with Crippen molar-refractivity contribution in [3.05, 3.63) is 23.8 Å². The number of hydrogen-bond donors (Lipinski definition) is 2. The lowest BCUT2D eigenvalue weighted by atomic mass is 10.1. The molecule has 1 fully saturated rings. The molecule has 1 aromatic carbocycles. The molecule has 0 aromatic heterocycles. The number of halogens is 1. The van der Waals surface area contributed by atoms with Crippen LogP contribution in [0.15, 0.2) is 18.2 Å². The Kier molecular flexibility index (Phi) is 9.52. The highest BCUT2D eigenvalue weighted by Gasteiger charge is 2.20. The summed E-state index contributed by atoms with van der Waals surface area (Å²) in [5.74, 6) is 1.46. The molecule has 1 amide bonds. The Bertz CT molecular complexity index is 507. The molecule has 24 heavy (non-hydrogen) atoms. The monoisotopic (exact) mass is 358 g/mol. The van der Waals surface area contributed by atoms with E-state index in [0.29, 0.717) is 26.3 Å². The van der Waals surface area contributed by atoms with Crippen LogP contribution < -0.4 is 20.1 Å². The van der Waals surface area contributed by atoms with Crippen molar-refractivity contribution in [1.29, 1.82) is 0 Å². The third-order valence-electron chi connectivity index (χ3n) is 3.69. The van der Waals surface area contributed by atoms with Gasteiger partial charge in [-0.15, -0.1) is 12.4 Å². The van der Waals surface area contributed by atoms with Gasteiger partial charge in [0.1, 0.15) is 6.10 Å². The van der Waals surface area contributed by atoms with E-state index in [0.717, 1.165) is 30.9 Å². The van der Waals surface area contributed by atoms with Crippen LogP contribution in [0.2, 0.25) is 0 Å². The summed E-state index contributed by atoms with van der Waals surface area (Å²) in [7, 11) is 1.63. The van der Waals surface area contributed by atoms with E-state index in [4.69, 9.17) is 14.2 Å². The summed E-state index contributed by atoms with van der Waals surface area (Å²) < 4.78 is 16.3. The molecular weight excluding hydrogens is 332 g/mol. The maximum atomic E-state index is 11.9. The molecule has 0 spiro atoms. The standard InChI is InChI=1S/C17H26N2O4.ClH/c1-3-22-15-11-13(6-7-14(15)21-2)5-4-8-19-17(20)16-12-18-9-10-23-16;/h6-7,11,16,18H,3-5,8-10,12H2,1-2H3,(H,19,20);1H. The summed E-state index contributed by atoms with van der Waals surface area (Å²) in [5, 5.41) is 6.07. The second-order valence-electron chi connectivity index (χ2n) is 5.38. The van der Waals surface area contributed by atoms with Crippen LogP contribution >= 0.6 is 12.4 Å². The highest BCUT2D eigenvalue weighted by Crippen LogP contribution is 2.28.